The van der Waals surface area contributed by atoms with Crippen LogP contribution in [-0.2, 0) is 20.4 Å². The molecular formula is C19H21Cl2NO4S. The van der Waals surface area contributed by atoms with Gasteiger partial charge in [0.1, 0.15) is 5.75 Å². The van der Waals surface area contributed by atoms with E-state index in [2.05, 4.69) is 5.32 Å². The Kier molecular flexibility index (Phi) is 7.95. The van der Waals surface area contributed by atoms with Gasteiger partial charge in [0.25, 0.3) is 0 Å². The molecule has 0 spiro atoms. The summed E-state index contributed by atoms with van der Waals surface area (Å²) in [4.78, 5) is 11.9. The van der Waals surface area contributed by atoms with Crippen molar-refractivity contribution in [1.82, 2.24) is 0 Å². The number of hydrogen-bond acceptors (Lipinski definition) is 4. The zero-order valence-electron chi connectivity index (χ0n) is 14.9. The Morgan fingerprint density at radius 3 is 2.37 bits per heavy atom. The van der Waals surface area contributed by atoms with Crippen LogP contribution in [0.1, 0.15) is 24.8 Å². The number of anilines is 1. The minimum atomic E-state index is -3.04. The highest BCUT2D eigenvalue weighted by Gasteiger charge is 2.06. The number of carbonyl (C=O) groups excluding carboxylic acids is 1. The molecule has 0 saturated heterocycles. The van der Waals surface area contributed by atoms with Crippen molar-refractivity contribution < 1.29 is 17.9 Å². The third-order valence-electron chi connectivity index (χ3n) is 3.62. The van der Waals surface area contributed by atoms with Gasteiger partial charge in [0.15, 0.2) is 9.84 Å². The highest BCUT2D eigenvalue weighted by atomic mass is 35.5. The first-order chi connectivity index (χ1) is 12.7. The monoisotopic (exact) mass is 429 g/mol. The maximum Gasteiger partial charge on any atom is 0.224 e. The van der Waals surface area contributed by atoms with Crippen LogP contribution in [0.5, 0.6) is 5.75 Å². The lowest BCUT2D eigenvalue weighted by atomic mass is 10.2. The zero-order chi connectivity index (χ0) is 19.9. The summed E-state index contributed by atoms with van der Waals surface area (Å²) in [6, 6.07) is 11.9. The summed E-state index contributed by atoms with van der Waals surface area (Å²) in [5, 5.41) is 3.61. The van der Waals surface area contributed by atoms with Crippen molar-refractivity contribution in [3.05, 3.63) is 58.1 Å². The fourth-order valence-corrected chi connectivity index (χ4v) is 3.46. The summed E-state index contributed by atoms with van der Waals surface area (Å²) in [7, 11) is -3.04. The lowest BCUT2D eigenvalue weighted by molar-refractivity contribution is -0.116. The molecule has 0 fully saturated rings. The molecule has 0 bridgehead atoms. The Morgan fingerprint density at radius 2 is 1.74 bits per heavy atom. The van der Waals surface area contributed by atoms with Gasteiger partial charge in [-0.15, -0.1) is 0 Å². The van der Waals surface area contributed by atoms with Gasteiger partial charge in [-0.3, -0.25) is 4.79 Å². The smallest absolute Gasteiger partial charge is 0.224 e. The van der Waals surface area contributed by atoms with Crippen LogP contribution in [0.4, 0.5) is 5.69 Å². The van der Waals surface area contributed by atoms with E-state index in [1.165, 1.54) is 6.26 Å². The standard InChI is InChI=1S/C19H21Cl2NO4S/c1-27(24,25)13-14-5-8-16(9-6-14)26-11-3-2-4-19(23)22-15-7-10-17(20)18(21)12-15/h5-10,12H,2-4,11,13H2,1H3,(H,22,23). The maximum absolute atomic E-state index is 11.9. The molecule has 2 aromatic rings. The molecule has 0 aliphatic rings. The lowest BCUT2D eigenvalue weighted by Gasteiger charge is -2.08. The Morgan fingerprint density at radius 1 is 1.04 bits per heavy atom. The number of ether oxygens (including phenoxy) is 1. The highest BCUT2D eigenvalue weighted by Crippen LogP contribution is 2.25. The van der Waals surface area contributed by atoms with E-state index in [0.717, 1.165) is 12.0 Å². The van der Waals surface area contributed by atoms with E-state index in [9.17, 15) is 13.2 Å². The third kappa shape index (κ3) is 8.20. The van der Waals surface area contributed by atoms with Crippen molar-refractivity contribution >= 4 is 44.6 Å². The molecule has 0 radical (unpaired) electrons. The van der Waals surface area contributed by atoms with Crippen molar-refractivity contribution in [2.24, 2.45) is 0 Å². The zero-order valence-corrected chi connectivity index (χ0v) is 17.2. The van der Waals surface area contributed by atoms with E-state index < -0.39 is 9.84 Å². The van der Waals surface area contributed by atoms with E-state index in [-0.39, 0.29) is 11.7 Å². The van der Waals surface area contributed by atoms with Gasteiger partial charge in [-0.05, 0) is 48.7 Å². The normalized spacial score (nSPS) is 11.2. The van der Waals surface area contributed by atoms with Crippen molar-refractivity contribution in [2.45, 2.75) is 25.0 Å². The molecule has 0 aliphatic heterocycles. The van der Waals surface area contributed by atoms with Crippen LogP contribution >= 0.6 is 23.2 Å². The Balaban J connectivity index is 1.66. The second kappa shape index (κ2) is 9.97. The van der Waals surface area contributed by atoms with E-state index >= 15 is 0 Å². The SMILES string of the molecule is CS(=O)(=O)Cc1ccc(OCCCCC(=O)Nc2ccc(Cl)c(Cl)c2)cc1. The summed E-state index contributed by atoms with van der Waals surface area (Å²) in [6.45, 7) is 0.478. The molecule has 146 valence electrons. The highest BCUT2D eigenvalue weighted by molar-refractivity contribution is 7.89. The molecule has 2 rings (SSSR count). The van der Waals surface area contributed by atoms with Crippen molar-refractivity contribution in [3.63, 3.8) is 0 Å². The largest absolute Gasteiger partial charge is 0.494 e. The lowest BCUT2D eigenvalue weighted by Crippen LogP contribution is -2.11. The fourth-order valence-electron chi connectivity index (χ4n) is 2.36. The molecule has 0 heterocycles. The first-order valence-corrected chi connectivity index (χ1v) is 11.2. The molecule has 27 heavy (non-hydrogen) atoms. The van der Waals surface area contributed by atoms with Crippen molar-refractivity contribution in [1.29, 1.82) is 0 Å². The molecule has 0 atom stereocenters. The molecule has 5 nitrogen and oxygen atoms in total. The number of unbranched alkanes of at least 4 members (excludes halogenated alkanes) is 1. The number of rotatable bonds is 9. The predicted octanol–water partition coefficient (Wildman–Crippen LogP) is 4.73. The number of carbonyl (C=O) groups is 1. The molecule has 0 aliphatic carbocycles. The first-order valence-electron chi connectivity index (χ1n) is 8.37. The topological polar surface area (TPSA) is 72.5 Å². The summed E-state index contributed by atoms with van der Waals surface area (Å²) in [5.41, 5.74) is 1.34. The summed E-state index contributed by atoms with van der Waals surface area (Å²) >= 11 is 11.8. The van der Waals surface area contributed by atoms with Gasteiger partial charge >= 0.3 is 0 Å². The Bertz CT molecular complexity index is 883. The van der Waals surface area contributed by atoms with Gasteiger partial charge in [-0.25, -0.2) is 8.42 Å². The molecule has 1 amide bonds. The number of nitrogens with one attached hydrogen (secondary N) is 1. The van der Waals surface area contributed by atoms with Crippen LogP contribution in [0.3, 0.4) is 0 Å². The maximum atomic E-state index is 11.9. The Labute approximate surface area is 169 Å². The predicted molar refractivity (Wildman–Crippen MR) is 109 cm³/mol. The number of halogens is 2. The van der Waals surface area contributed by atoms with Gasteiger partial charge in [-0.2, -0.15) is 0 Å². The van der Waals surface area contributed by atoms with Crippen LogP contribution < -0.4 is 10.1 Å². The van der Waals surface area contributed by atoms with Crippen LogP contribution in [0, 0.1) is 0 Å². The molecule has 8 heteroatoms. The second-order valence-electron chi connectivity index (χ2n) is 6.20. The molecule has 0 unspecified atom stereocenters. The number of benzene rings is 2. The van der Waals surface area contributed by atoms with E-state index in [4.69, 9.17) is 27.9 Å². The molecule has 0 saturated carbocycles. The van der Waals surface area contributed by atoms with E-state index in [1.54, 1.807) is 42.5 Å². The number of sulfone groups is 1. The minimum absolute atomic E-state index is 0.0151. The molecule has 0 aromatic heterocycles. The van der Waals surface area contributed by atoms with E-state index in [0.29, 0.717) is 40.9 Å². The average Bonchev–Trinajstić information content (AvgIpc) is 2.58. The van der Waals surface area contributed by atoms with Crippen molar-refractivity contribution in [3.8, 4) is 5.75 Å². The quantitative estimate of drug-likeness (QED) is 0.584. The third-order valence-corrected chi connectivity index (χ3v) is 5.22. The van der Waals surface area contributed by atoms with Crippen LogP contribution in [0.15, 0.2) is 42.5 Å². The van der Waals surface area contributed by atoms with Gasteiger partial charge in [0, 0.05) is 18.4 Å². The van der Waals surface area contributed by atoms with Crippen LogP contribution in [0.2, 0.25) is 10.0 Å². The van der Waals surface area contributed by atoms with E-state index in [1.807, 2.05) is 0 Å². The fraction of sp³-hybridized carbons (Fsp3) is 0.316. The summed E-state index contributed by atoms with van der Waals surface area (Å²) in [6.07, 6.45) is 2.98. The first kappa shape index (κ1) is 21.5. The summed E-state index contributed by atoms with van der Waals surface area (Å²) < 4.78 is 28.1. The Hall–Kier alpha value is -1.76. The average molecular weight is 430 g/mol. The van der Waals surface area contributed by atoms with Crippen LogP contribution in [-0.4, -0.2) is 27.2 Å². The molecule has 1 N–H and O–H groups in total. The second-order valence-corrected chi connectivity index (χ2v) is 9.15. The van der Waals surface area contributed by atoms with Gasteiger partial charge < -0.3 is 10.1 Å². The summed E-state index contributed by atoms with van der Waals surface area (Å²) in [5.74, 6) is 0.590. The number of amides is 1. The van der Waals surface area contributed by atoms with Gasteiger partial charge in [-0.1, -0.05) is 35.3 Å². The van der Waals surface area contributed by atoms with Crippen LogP contribution in [0.25, 0.3) is 0 Å². The number of hydrogen-bond donors (Lipinski definition) is 1. The van der Waals surface area contributed by atoms with Gasteiger partial charge in [0.05, 0.1) is 22.4 Å². The van der Waals surface area contributed by atoms with Gasteiger partial charge in [0.2, 0.25) is 5.91 Å². The van der Waals surface area contributed by atoms with Crippen molar-refractivity contribution in [2.75, 3.05) is 18.2 Å². The molecular weight excluding hydrogens is 409 g/mol. The minimum Gasteiger partial charge on any atom is -0.494 e. The molecule has 2 aromatic carbocycles.